The average molecular weight is 228 g/mol. The fourth-order valence-corrected chi connectivity index (χ4v) is 2.07. The number of imidazole rings is 2. The van der Waals surface area contributed by atoms with E-state index in [1.165, 1.54) is 0 Å². The molecule has 1 aromatic carbocycles. The van der Waals surface area contributed by atoms with Crippen molar-refractivity contribution in [1.29, 1.82) is 0 Å². The van der Waals surface area contributed by atoms with E-state index in [2.05, 4.69) is 15.0 Å². The number of aryl methyl sites for hydroxylation is 2. The Morgan fingerprint density at radius 1 is 1.18 bits per heavy atom. The first kappa shape index (κ1) is 9.89. The molecule has 2 N–H and O–H groups in total. The quantitative estimate of drug-likeness (QED) is 0.665. The second kappa shape index (κ2) is 3.35. The Balaban J connectivity index is 2.33. The van der Waals surface area contributed by atoms with Crippen molar-refractivity contribution in [2.45, 2.75) is 13.8 Å². The third-order valence-electron chi connectivity index (χ3n) is 2.92. The Hall–Kier alpha value is -2.30. The van der Waals surface area contributed by atoms with Crippen molar-refractivity contribution in [3.63, 3.8) is 0 Å². The SMILES string of the molecule is Cc1cc2[nH]c(=O)[nH]c2cc1-n1ccnc1C. The standard InChI is InChI=1S/C12H12N4O/c1-7-5-9-10(15-12(17)14-9)6-11(7)16-4-3-13-8(16)2/h3-6H,1-2H3,(H2,14,15,17). The number of rotatable bonds is 1. The summed E-state index contributed by atoms with van der Waals surface area (Å²) in [4.78, 5) is 21.0. The van der Waals surface area contributed by atoms with Crippen LogP contribution in [0.25, 0.3) is 16.7 Å². The molecular weight excluding hydrogens is 216 g/mol. The van der Waals surface area contributed by atoms with Crippen molar-refractivity contribution in [3.05, 3.63) is 46.4 Å². The largest absolute Gasteiger partial charge is 0.323 e. The van der Waals surface area contributed by atoms with Crippen molar-refractivity contribution >= 4 is 11.0 Å². The molecule has 0 saturated carbocycles. The van der Waals surface area contributed by atoms with Gasteiger partial charge in [0.2, 0.25) is 0 Å². The van der Waals surface area contributed by atoms with Gasteiger partial charge >= 0.3 is 5.69 Å². The predicted molar refractivity (Wildman–Crippen MR) is 65.5 cm³/mol. The maximum Gasteiger partial charge on any atom is 0.323 e. The third kappa shape index (κ3) is 1.47. The fourth-order valence-electron chi connectivity index (χ4n) is 2.07. The molecule has 2 aromatic heterocycles. The van der Waals surface area contributed by atoms with Gasteiger partial charge in [-0.1, -0.05) is 0 Å². The molecule has 2 heterocycles. The molecule has 0 amide bonds. The first-order chi connectivity index (χ1) is 8.15. The molecule has 3 aromatic rings. The lowest BCUT2D eigenvalue weighted by Crippen LogP contribution is -1.99. The molecule has 0 aliphatic rings. The number of benzene rings is 1. The summed E-state index contributed by atoms with van der Waals surface area (Å²) in [6.45, 7) is 3.96. The van der Waals surface area contributed by atoms with E-state index in [-0.39, 0.29) is 5.69 Å². The Kier molecular flexibility index (Phi) is 1.95. The van der Waals surface area contributed by atoms with Crippen molar-refractivity contribution in [2.24, 2.45) is 0 Å². The monoisotopic (exact) mass is 228 g/mol. The molecule has 17 heavy (non-hydrogen) atoms. The Morgan fingerprint density at radius 2 is 1.88 bits per heavy atom. The second-order valence-electron chi connectivity index (χ2n) is 4.11. The molecular formula is C12H12N4O. The summed E-state index contributed by atoms with van der Waals surface area (Å²) in [6.07, 6.45) is 3.67. The highest BCUT2D eigenvalue weighted by Crippen LogP contribution is 2.20. The van der Waals surface area contributed by atoms with Crippen LogP contribution in [0, 0.1) is 13.8 Å². The van der Waals surface area contributed by atoms with Crippen molar-refractivity contribution in [1.82, 2.24) is 19.5 Å². The molecule has 86 valence electrons. The average Bonchev–Trinajstić information content (AvgIpc) is 2.82. The van der Waals surface area contributed by atoms with Gasteiger partial charge in [-0.15, -0.1) is 0 Å². The number of hydrogen-bond donors (Lipinski definition) is 2. The Labute approximate surface area is 97.1 Å². The highest BCUT2D eigenvalue weighted by Gasteiger charge is 2.07. The van der Waals surface area contributed by atoms with Gasteiger partial charge in [0, 0.05) is 12.4 Å². The molecule has 5 heteroatoms. The van der Waals surface area contributed by atoms with Gasteiger partial charge in [-0.05, 0) is 31.5 Å². The van der Waals surface area contributed by atoms with Gasteiger partial charge in [0.15, 0.2) is 0 Å². The normalized spacial score (nSPS) is 11.2. The number of fused-ring (bicyclic) bond motifs is 1. The van der Waals surface area contributed by atoms with Crippen LogP contribution in [0.15, 0.2) is 29.3 Å². The summed E-state index contributed by atoms with van der Waals surface area (Å²) < 4.78 is 2.00. The van der Waals surface area contributed by atoms with Gasteiger partial charge in [-0.25, -0.2) is 9.78 Å². The second-order valence-corrected chi connectivity index (χ2v) is 4.11. The molecule has 0 aliphatic heterocycles. The lowest BCUT2D eigenvalue weighted by Gasteiger charge is -2.08. The first-order valence-electron chi connectivity index (χ1n) is 5.38. The minimum absolute atomic E-state index is 0.182. The Bertz CT molecular complexity index is 747. The lowest BCUT2D eigenvalue weighted by molar-refractivity contribution is 0.966. The number of nitrogens with one attached hydrogen (secondary N) is 2. The van der Waals surface area contributed by atoms with E-state index in [0.29, 0.717) is 0 Å². The van der Waals surface area contributed by atoms with E-state index >= 15 is 0 Å². The third-order valence-corrected chi connectivity index (χ3v) is 2.92. The molecule has 0 radical (unpaired) electrons. The number of aromatic nitrogens is 4. The highest BCUT2D eigenvalue weighted by molar-refractivity contribution is 5.78. The van der Waals surface area contributed by atoms with Crippen molar-refractivity contribution < 1.29 is 0 Å². The van der Waals surface area contributed by atoms with Crippen LogP contribution in [0.4, 0.5) is 0 Å². The summed E-state index contributed by atoms with van der Waals surface area (Å²) in [7, 11) is 0. The molecule has 0 unspecified atom stereocenters. The number of hydrogen-bond acceptors (Lipinski definition) is 2. The smallest absolute Gasteiger partial charge is 0.306 e. The zero-order valence-corrected chi connectivity index (χ0v) is 9.61. The van der Waals surface area contributed by atoms with Crippen molar-refractivity contribution in [2.75, 3.05) is 0 Å². The van der Waals surface area contributed by atoms with Crippen LogP contribution in [0.2, 0.25) is 0 Å². The van der Waals surface area contributed by atoms with Crippen LogP contribution in [0.1, 0.15) is 11.4 Å². The molecule has 0 fully saturated rings. The minimum atomic E-state index is -0.182. The van der Waals surface area contributed by atoms with Crippen molar-refractivity contribution in [3.8, 4) is 5.69 Å². The molecule has 3 rings (SSSR count). The number of aromatic amines is 2. The highest BCUT2D eigenvalue weighted by atomic mass is 16.1. The van der Waals surface area contributed by atoms with Crippen LogP contribution < -0.4 is 5.69 Å². The summed E-state index contributed by atoms with van der Waals surface area (Å²) in [5.41, 5.74) is 3.58. The van der Waals surface area contributed by atoms with Gasteiger partial charge < -0.3 is 14.5 Å². The van der Waals surface area contributed by atoms with Gasteiger partial charge in [-0.3, -0.25) is 0 Å². The van der Waals surface area contributed by atoms with Crippen LogP contribution in [0.3, 0.4) is 0 Å². The van der Waals surface area contributed by atoms with Crippen LogP contribution in [-0.4, -0.2) is 19.5 Å². The van der Waals surface area contributed by atoms with Gasteiger partial charge in [0.1, 0.15) is 5.82 Å². The lowest BCUT2D eigenvalue weighted by atomic mass is 10.1. The minimum Gasteiger partial charge on any atom is -0.306 e. The van der Waals surface area contributed by atoms with E-state index in [4.69, 9.17) is 0 Å². The maximum atomic E-state index is 11.2. The van der Waals surface area contributed by atoms with Crippen LogP contribution >= 0.6 is 0 Å². The molecule has 0 saturated heterocycles. The molecule has 5 nitrogen and oxygen atoms in total. The summed E-state index contributed by atoms with van der Waals surface area (Å²) >= 11 is 0. The van der Waals surface area contributed by atoms with E-state index in [9.17, 15) is 4.79 Å². The fraction of sp³-hybridized carbons (Fsp3) is 0.167. The molecule has 0 atom stereocenters. The zero-order valence-electron chi connectivity index (χ0n) is 9.61. The summed E-state index contributed by atoms with van der Waals surface area (Å²) in [5.74, 6) is 0.922. The zero-order chi connectivity index (χ0) is 12.0. The van der Waals surface area contributed by atoms with Crippen LogP contribution in [0.5, 0.6) is 0 Å². The van der Waals surface area contributed by atoms with Crippen LogP contribution in [-0.2, 0) is 0 Å². The topological polar surface area (TPSA) is 66.5 Å². The molecule has 0 bridgehead atoms. The van der Waals surface area contributed by atoms with Gasteiger partial charge in [0.05, 0.1) is 16.7 Å². The van der Waals surface area contributed by atoms with E-state index in [0.717, 1.165) is 28.1 Å². The van der Waals surface area contributed by atoms with Gasteiger partial charge in [0.25, 0.3) is 0 Å². The first-order valence-corrected chi connectivity index (χ1v) is 5.38. The van der Waals surface area contributed by atoms with Gasteiger partial charge in [-0.2, -0.15) is 0 Å². The number of H-pyrrole nitrogens is 2. The van der Waals surface area contributed by atoms with E-state index < -0.39 is 0 Å². The summed E-state index contributed by atoms with van der Waals surface area (Å²) in [6, 6.07) is 3.92. The van der Waals surface area contributed by atoms with E-state index in [1.807, 2.05) is 36.7 Å². The Morgan fingerprint density at radius 3 is 2.53 bits per heavy atom. The number of nitrogens with zero attached hydrogens (tertiary/aromatic N) is 2. The summed E-state index contributed by atoms with van der Waals surface area (Å²) in [5, 5.41) is 0. The van der Waals surface area contributed by atoms with E-state index in [1.54, 1.807) is 6.20 Å². The predicted octanol–water partition coefficient (Wildman–Crippen LogP) is 1.66. The molecule has 0 spiro atoms. The maximum absolute atomic E-state index is 11.2. The molecule has 0 aliphatic carbocycles.